The third-order valence-electron chi connectivity index (χ3n) is 2.64. The number of nitrogens with one attached hydrogen (secondary N) is 1. The zero-order valence-electron chi connectivity index (χ0n) is 8.82. The lowest BCUT2D eigenvalue weighted by Gasteiger charge is -2.13. The van der Waals surface area contributed by atoms with Crippen molar-refractivity contribution in [2.75, 3.05) is 19.6 Å². The number of nitrogens with zero attached hydrogens (tertiary/aromatic N) is 1. The molecule has 0 spiro atoms. The molecule has 0 aliphatic carbocycles. The van der Waals surface area contributed by atoms with Gasteiger partial charge in [0, 0.05) is 24.1 Å². The minimum absolute atomic E-state index is 0.0320. The van der Waals surface area contributed by atoms with Crippen molar-refractivity contribution in [1.82, 2.24) is 10.2 Å². The van der Waals surface area contributed by atoms with Gasteiger partial charge in [-0.25, -0.2) is 4.79 Å². The highest BCUT2D eigenvalue weighted by Gasteiger charge is 2.28. The van der Waals surface area contributed by atoms with Gasteiger partial charge in [-0.1, -0.05) is 28.1 Å². The molecular formula is C11H14BrN3O. The fraction of sp³-hybridized carbons (Fsp3) is 0.364. The topological polar surface area (TPSA) is 58.4 Å². The minimum atomic E-state index is -0.0320. The van der Waals surface area contributed by atoms with Crippen LogP contribution in [0.5, 0.6) is 0 Å². The highest BCUT2D eigenvalue weighted by atomic mass is 79.9. The number of carbonyl (C=O) groups excluding carboxylic acids is 1. The van der Waals surface area contributed by atoms with Gasteiger partial charge in [0.25, 0.3) is 0 Å². The normalized spacial score (nSPS) is 20.0. The second-order valence-corrected chi connectivity index (χ2v) is 4.71. The number of urea groups is 1. The SMILES string of the molecule is NCCN1CC(c2cccc(Br)c2)NC1=O. The summed E-state index contributed by atoms with van der Waals surface area (Å²) in [7, 11) is 0. The zero-order chi connectivity index (χ0) is 11.5. The van der Waals surface area contributed by atoms with Crippen molar-refractivity contribution in [2.45, 2.75) is 6.04 Å². The van der Waals surface area contributed by atoms with Gasteiger partial charge in [-0.15, -0.1) is 0 Å². The second kappa shape index (κ2) is 4.84. The molecule has 1 heterocycles. The molecule has 1 aromatic carbocycles. The summed E-state index contributed by atoms with van der Waals surface area (Å²) in [4.78, 5) is 13.3. The Morgan fingerprint density at radius 1 is 1.56 bits per heavy atom. The molecule has 2 rings (SSSR count). The van der Waals surface area contributed by atoms with Crippen LogP contribution < -0.4 is 11.1 Å². The van der Waals surface area contributed by atoms with Crippen LogP contribution in [0.2, 0.25) is 0 Å². The van der Waals surface area contributed by atoms with E-state index >= 15 is 0 Å². The summed E-state index contributed by atoms with van der Waals surface area (Å²) < 4.78 is 1.02. The van der Waals surface area contributed by atoms with E-state index in [0.717, 1.165) is 10.0 Å². The quantitative estimate of drug-likeness (QED) is 0.883. The molecule has 0 saturated carbocycles. The van der Waals surface area contributed by atoms with Gasteiger partial charge < -0.3 is 16.0 Å². The van der Waals surface area contributed by atoms with E-state index in [4.69, 9.17) is 5.73 Å². The van der Waals surface area contributed by atoms with Crippen molar-refractivity contribution in [3.63, 3.8) is 0 Å². The Morgan fingerprint density at radius 2 is 2.38 bits per heavy atom. The van der Waals surface area contributed by atoms with E-state index in [2.05, 4.69) is 21.2 Å². The lowest BCUT2D eigenvalue weighted by atomic mass is 10.1. The van der Waals surface area contributed by atoms with Gasteiger partial charge >= 0.3 is 6.03 Å². The second-order valence-electron chi connectivity index (χ2n) is 3.79. The van der Waals surface area contributed by atoms with E-state index in [1.165, 1.54) is 0 Å². The maximum absolute atomic E-state index is 11.6. The number of hydrogen-bond donors (Lipinski definition) is 2. The molecule has 1 aromatic rings. The summed E-state index contributed by atoms with van der Waals surface area (Å²) in [5.74, 6) is 0. The molecule has 1 aliphatic rings. The first-order valence-corrected chi connectivity index (χ1v) is 6.01. The number of hydrogen-bond acceptors (Lipinski definition) is 2. The first-order chi connectivity index (χ1) is 7.70. The van der Waals surface area contributed by atoms with Gasteiger partial charge in [0.15, 0.2) is 0 Å². The zero-order valence-corrected chi connectivity index (χ0v) is 10.4. The van der Waals surface area contributed by atoms with Crippen LogP contribution in [-0.2, 0) is 0 Å². The molecule has 0 radical (unpaired) electrons. The van der Waals surface area contributed by atoms with Gasteiger partial charge in [-0.3, -0.25) is 0 Å². The van der Waals surface area contributed by atoms with Gasteiger partial charge in [-0.2, -0.15) is 0 Å². The van der Waals surface area contributed by atoms with Crippen LogP contribution in [0.25, 0.3) is 0 Å². The van der Waals surface area contributed by atoms with E-state index in [1.807, 2.05) is 24.3 Å². The molecule has 1 saturated heterocycles. The predicted molar refractivity (Wildman–Crippen MR) is 66.0 cm³/mol. The van der Waals surface area contributed by atoms with Crippen molar-refractivity contribution < 1.29 is 4.79 Å². The summed E-state index contributed by atoms with van der Waals surface area (Å²) in [5.41, 5.74) is 6.56. The van der Waals surface area contributed by atoms with Crippen LogP contribution in [0.15, 0.2) is 28.7 Å². The first kappa shape index (κ1) is 11.4. The number of nitrogens with two attached hydrogens (primary N) is 1. The smallest absolute Gasteiger partial charge is 0.318 e. The van der Waals surface area contributed by atoms with Crippen LogP contribution in [-0.4, -0.2) is 30.6 Å². The van der Waals surface area contributed by atoms with Crippen LogP contribution in [0.1, 0.15) is 11.6 Å². The Morgan fingerprint density at radius 3 is 3.06 bits per heavy atom. The standard InChI is InChI=1S/C11H14BrN3O/c12-9-3-1-2-8(6-9)10-7-15(5-4-13)11(16)14-10/h1-3,6,10H,4-5,7,13H2,(H,14,16). The monoisotopic (exact) mass is 283 g/mol. The highest BCUT2D eigenvalue weighted by Crippen LogP contribution is 2.22. The Bertz CT molecular complexity index is 397. The maximum Gasteiger partial charge on any atom is 0.318 e. The van der Waals surface area contributed by atoms with Crippen LogP contribution in [0, 0.1) is 0 Å². The van der Waals surface area contributed by atoms with Crippen molar-refractivity contribution >= 4 is 22.0 Å². The number of halogens is 1. The van der Waals surface area contributed by atoms with E-state index in [9.17, 15) is 4.79 Å². The van der Waals surface area contributed by atoms with E-state index in [0.29, 0.717) is 19.6 Å². The summed E-state index contributed by atoms with van der Waals surface area (Å²) in [6.45, 7) is 1.79. The van der Waals surface area contributed by atoms with Gasteiger partial charge in [0.1, 0.15) is 0 Å². The molecule has 0 aromatic heterocycles. The summed E-state index contributed by atoms with van der Waals surface area (Å²) in [6, 6.07) is 8.01. The van der Waals surface area contributed by atoms with Gasteiger partial charge in [0.2, 0.25) is 0 Å². The Hall–Kier alpha value is -1.07. The van der Waals surface area contributed by atoms with Crippen molar-refractivity contribution in [3.8, 4) is 0 Å². The molecule has 5 heteroatoms. The molecule has 3 N–H and O–H groups in total. The van der Waals surface area contributed by atoms with E-state index in [-0.39, 0.29) is 12.1 Å². The molecule has 2 amide bonds. The Balaban J connectivity index is 2.10. The maximum atomic E-state index is 11.6. The molecule has 86 valence electrons. The lowest BCUT2D eigenvalue weighted by Crippen LogP contribution is -2.32. The highest BCUT2D eigenvalue weighted by molar-refractivity contribution is 9.10. The summed E-state index contributed by atoms with van der Waals surface area (Å²) >= 11 is 3.42. The third kappa shape index (κ3) is 2.36. The number of carbonyl (C=O) groups is 1. The molecule has 1 unspecified atom stereocenters. The van der Waals surface area contributed by atoms with E-state index in [1.54, 1.807) is 4.90 Å². The molecular weight excluding hydrogens is 270 g/mol. The summed E-state index contributed by atoms with van der Waals surface area (Å²) in [5, 5.41) is 2.94. The van der Waals surface area contributed by atoms with Crippen LogP contribution in [0.3, 0.4) is 0 Å². The summed E-state index contributed by atoms with van der Waals surface area (Å²) in [6.07, 6.45) is 0. The van der Waals surface area contributed by atoms with Gasteiger partial charge in [0.05, 0.1) is 6.04 Å². The van der Waals surface area contributed by atoms with Crippen LogP contribution >= 0.6 is 15.9 Å². The predicted octanol–water partition coefficient (Wildman–Crippen LogP) is 1.47. The number of benzene rings is 1. The fourth-order valence-corrected chi connectivity index (χ4v) is 2.27. The molecule has 16 heavy (non-hydrogen) atoms. The first-order valence-electron chi connectivity index (χ1n) is 5.21. The van der Waals surface area contributed by atoms with Crippen LogP contribution in [0.4, 0.5) is 4.79 Å². The van der Waals surface area contributed by atoms with Crippen molar-refractivity contribution in [2.24, 2.45) is 5.73 Å². The minimum Gasteiger partial charge on any atom is -0.329 e. The number of rotatable bonds is 3. The Kier molecular flexibility index (Phi) is 3.46. The Labute approximate surface area is 103 Å². The molecule has 1 fully saturated rings. The van der Waals surface area contributed by atoms with Crippen molar-refractivity contribution in [1.29, 1.82) is 0 Å². The van der Waals surface area contributed by atoms with Crippen molar-refractivity contribution in [3.05, 3.63) is 34.3 Å². The van der Waals surface area contributed by atoms with Gasteiger partial charge in [-0.05, 0) is 17.7 Å². The average molecular weight is 284 g/mol. The fourth-order valence-electron chi connectivity index (χ4n) is 1.85. The number of amides is 2. The molecule has 1 atom stereocenters. The largest absolute Gasteiger partial charge is 0.329 e. The van der Waals surface area contributed by atoms with E-state index < -0.39 is 0 Å². The lowest BCUT2D eigenvalue weighted by molar-refractivity contribution is 0.218. The molecule has 1 aliphatic heterocycles. The molecule has 0 bridgehead atoms. The average Bonchev–Trinajstić information content (AvgIpc) is 2.61. The molecule has 4 nitrogen and oxygen atoms in total. The third-order valence-corrected chi connectivity index (χ3v) is 3.13.